The van der Waals surface area contributed by atoms with Crippen LogP contribution in [0.2, 0.25) is 0 Å². The molecule has 2 aromatic rings. The Morgan fingerprint density at radius 2 is 2.42 bits per heavy atom. The van der Waals surface area contributed by atoms with Gasteiger partial charge in [-0.1, -0.05) is 0 Å². The van der Waals surface area contributed by atoms with Crippen LogP contribution in [0.25, 0.3) is 11.2 Å². The molecule has 0 aromatic carbocycles. The van der Waals surface area contributed by atoms with Crippen LogP contribution < -0.4 is 5.56 Å². The summed E-state index contributed by atoms with van der Waals surface area (Å²) < 4.78 is 13.9. The van der Waals surface area contributed by atoms with Crippen molar-refractivity contribution in [1.82, 2.24) is 19.5 Å². The van der Waals surface area contributed by atoms with E-state index in [0.717, 1.165) is 4.57 Å². The van der Waals surface area contributed by atoms with Crippen molar-refractivity contribution in [3.63, 3.8) is 0 Å². The summed E-state index contributed by atoms with van der Waals surface area (Å²) in [5.41, 5.74) is -0.159. The quantitative estimate of drug-likeness (QED) is 0.554. The molecule has 1 N–H and O–H groups in total. The van der Waals surface area contributed by atoms with E-state index in [1.807, 2.05) is 0 Å². The largest absolute Gasteiger partial charge is 0.311 e. The van der Waals surface area contributed by atoms with Crippen molar-refractivity contribution in [1.29, 1.82) is 0 Å². The molecule has 0 aliphatic rings. The normalized spacial score (nSPS) is 10.8. The topological polar surface area (TPSA) is 63.6 Å². The summed E-state index contributed by atoms with van der Waals surface area (Å²) in [7, 11) is 1.46. The third-order valence-corrected chi connectivity index (χ3v) is 1.61. The van der Waals surface area contributed by atoms with E-state index < -0.39 is 11.6 Å². The summed E-state index contributed by atoms with van der Waals surface area (Å²) in [6.07, 6.45) is 0.500. The molecule has 2 heterocycles. The molecule has 62 valence electrons. The number of imidazole rings is 1. The zero-order chi connectivity index (χ0) is 8.72. The molecular weight excluding hydrogens is 163 g/mol. The van der Waals surface area contributed by atoms with Crippen molar-refractivity contribution in [2.75, 3.05) is 0 Å². The van der Waals surface area contributed by atoms with Crippen molar-refractivity contribution in [3.05, 3.63) is 22.8 Å². The third-order valence-electron chi connectivity index (χ3n) is 1.61. The van der Waals surface area contributed by atoms with Crippen LogP contribution in [0.1, 0.15) is 0 Å². The standard InChI is InChI=1S/C6H5FN4O/c1-11-4-3(10-6(11)7)5(12)9-2-8-4/h2H,1H3,(H,8,9,12). The Kier molecular flexibility index (Phi) is 1.24. The minimum absolute atomic E-state index is 0.0255. The molecule has 0 amide bonds. The van der Waals surface area contributed by atoms with E-state index in [0.29, 0.717) is 0 Å². The number of hydrogen-bond donors (Lipinski definition) is 1. The summed E-state index contributed by atoms with van der Waals surface area (Å²) in [6.45, 7) is 0. The summed E-state index contributed by atoms with van der Waals surface area (Å²) >= 11 is 0. The minimum atomic E-state index is -0.714. The average molecular weight is 168 g/mol. The van der Waals surface area contributed by atoms with E-state index in [1.165, 1.54) is 13.4 Å². The van der Waals surface area contributed by atoms with E-state index in [2.05, 4.69) is 15.0 Å². The molecule has 0 bridgehead atoms. The predicted molar refractivity (Wildman–Crippen MR) is 39.1 cm³/mol. The summed E-state index contributed by atoms with van der Waals surface area (Å²) in [5, 5.41) is 0. The van der Waals surface area contributed by atoms with E-state index >= 15 is 0 Å². The van der Waals surface area contributed by atoms with Gasteiger partial charge in [0.1, 0.15) is 0 Å². The summed E-state index contributed by atoms with van der Waals surface area (Å²) in [6, 6.07) is 0. The van der Waals surface area contributed by atoms with Crippen molar-refractivity contribution in [3.8, 4) is 0 Å². The van der Waals surface area contributed by atoms with Crippen molar-refractivity contribution < 1.29 is 4.39 Å². The van der Waals surface area contributed by atoms with Crippen LogP contribution in [0.4, 0.5) is 4.39 Å². The van der Waals surface area contributed by atoms with E-state index in [-0.39, 0.29) is 11.2 Å². The van der Waals surface area contributed by atoms with E-state index in [4.69, 9.17) is 0 Å². The lowest BCUT2D eigenvalue weighted by molar-refractivity contribution is 0.506. The lowest BCUT2D eigenvalue weighted by Gasteiger charge is -1.90. The monoisotopic (exact) mass is 168 g/mol. The third kappa shape index (κ3) is 0.744. The Labute approximate surface area is 65.9 Å². The van der Waals surface area contributed by atoms with Crippen molar-refractivity contribution in [2.24, 2.45) is 7.05 Å². The fraction of sp³-hybridized carbons (Fsp3) is 0.167. The number of aromatic nitrogens is 4. The lowest BCUT2D eigenvalue weighted by Crippen LogP contribution is -2.06. The van der Waals surface area contributed by atoms with Gasteiger partial charge in [-0.3, -0.25) is 9.36 Å². The Balaban J connectivity index is 3.05. The highest BCUT2D eigenvalue weighted by atomic mass is 19.1. The zero-order valence-corrected chi connectivity index (χ0v) is 6.21. The molecule has 5 nitrogen and oxygen atoms in total. The van der Waals surface area contributed by atoms with Crippen LogP contribution in [0.3, 0.4) is 0 Å². The maximum absolute atomic E-state index is 12.8. The van der Waals surface area contributed by atoms with Crippen LogP contribution in [-0.4, -0.2) is 19.5 Å². The first-order valence-electron chi connectivity index (χ1n) is 3.26. The molecule has 2 aromatic heterocycles. The van der Waals surface area contributed by atoms with Gasteiger partial charge in [-0.2, -0.15) is 9.37 Å². The number of aryl methyl sites for hydroxylation is 1. The van der Waals surface area contributed by atoms with Gasteiger partial charge < -0.3 is 4.98 Å². The molecule has 0 aliphatic carbocycles. The number of hydrogen-bond acceptors (Lipinski definition) is 3. The first-order valence-corrected chi connectivity index (χ1v) is 3.26. The molecule has 2 rings (SSSR count). The van der Waals surface area contributed by atoms with Crippen LogP contribution in [0, 0.1) is 6.08 Å². The van der Waals surface area contributed by atoms with Gasteiger partial charge in [0.25, 0.3) is 11.6 Å². The maximum Gasteiger partial charge on any atom is 0.291 e. The number of halogens is 1. The van der Waals surface area contributed by atoms with Gasteiger partial charge in [0, 0.05) is 7.05 Å². The molecule has 0 aliphatic heterocycles. The van der Waals surface area contributed by atoms with Crippen molar-refractivity contribution >= 4 is 11.2 Å². The van der Waals surface area contributed by atoms with E-state index in [1.54, 1.807) is 0 Å². The Morgan fingerprint density at radius 3 is 3.08 bits per heavy atom. The smallest absolute Gasteiger partial charge is 0.291 e. The molecular formula is C6H5FN4O. The van der Waals surface area contributed by atoms with Gasteiger partial charge in [0.2, 0.25) is 0 Å². The number of nitrogens with one attached hydrogen (secondary N) is 1. The highest BCUT2D eigenvalue weighted by molar-refractivity contribution is 5.68. The lowest BCUT2D eigenvalue weighted by atomic mass is 10.5. The molecule has 0 fully saturated rings. The van der Waals surface area contributed by atoms with Gasteiger partial charge in [-0.05, 0) is 0 Å². The van der Waals surface area contributed by atoms with Gasteiger partial charge in [-0.25, -0.2) is 4.98 Å². The first-order chi connectivity index (χ1) is 5.70. The number of H-pyrrole nitrogens is 1. The number of rotatable bonds is 0. The number of fused-ring (bicyclic) bond motifs is 1. The summed E-state index contributed by atoms with van der Waals surface area (Å²) in [5.74, 6) is 0. The Bertz CT molecular complexity index is 486. The second kappa shape index (κ2) is 2.13. The van der Waals surface area contributed by atoms with Crippen LogP contribution in [-0.2, 0) is 7.05 Å². The molecule has 0 atom stereocenters. The number of nitrogens with zero attached hydrogens (tertiary/aromatic N) is 3. The van der Waals surface area contributed by atoms with Gasteiger partial charge >= 0.3 is 0 Å². The molecule has 6 heteroatoms. The molecule has 0 unspecified atom stereocenters. The zero-order valence-electron chi connectivity index (χ0n) is 6.21. The Morgan fingerprint density at radius 1 is 1.67 bits per heavy atom. The fourth-order valence-corrected chi connectivity index (χ4v) is 0.984. The van der Waals surface area contributed by atoms with E-state index in [9.17, 15) is 9.18 Å². The minimum Gasteiger partial charge on any atom is -0.311 e. The highest BCUT2D eigenvalue weighted by Gasteiger charge is 2.09. The molecule has 12 heavy (non-hydrogen) atoms. The molecule has 0 radical (unpaired) electrons. The Hall–Kier alpha value is -1.72. The van der Waals surface area contributed by atoms with Crippen LogP contribution >= 0.6 is 0 Å². The highest BCUT2D eigenvalue weighted by Crippen LogP contribution is 2.04. The number of aromatic amines is 1. The average Bonchev–Trinajstić information content (AvgIpc) is 2.32. The maximum atomic E-state index is 12.8. The molecule has 0 saturated heterocycles. The molecule has 0 spiro atoms. The van der Waals surface area contributed by atoms with Gasteiger partial charge in [0.15, 0.2) is 11.2 Å². The fourth-order valence-electron chi connectivity index (χ4n) is 0.984. The first kappa shape index (κ1) is 6.96. The van der Waals surface area contributed by atoms with Gasteiger partial charge in [0.05, 0.1) is 6.33 Å². The van der Waals surface area contributed by atoms with Gasteiger partial charge in [-0.15, -0.1) is 0 Å². The van der Waals surface area contributed by atoms with Crippen molar-refractivity contribution in [2.45, 2.75) is 0 Å². The second-order valence-corrected chi connectivity index (χ2v) is 2.34. The predicted octanol–water partition coefficient (Wildman–Crippen LogP) is -0.204. The van der Waals surface area contributed by atoms with Crippen LogP contribution in [0.5, 0.6) is 0 Å². The second-order valence-electron chi connectivity index (χ2n) is 2.34. The summed E-state index contributed by atoms with van der Waals surface area (Å²) in [4.78, 5) is 20.5. The molecule has 0 saturated carbocycles. The SMILES string of the molecule is Cn1c(F)nc2c(=O)[nH]cnc21. The van der Waals surface area contributed by atoms with Crippen LogP contribution in [0.15, 0.2) is 11.1 Å².